The summed E-state index contributed by atoms with van der Waals surface area (Å²) in [6, 6.07) is 9.15. The van der Waals surface area contributed by atoms with Crippen LogP contribution in [0.4, 0.5) is 0 Å². The van der Waals surface area contributed by atoms with E-state index < -0.39 is 0 Å². The van der Waals surface area contributed by atoms with E-state index in [1.807, 2.05) is 11.3 Å². The molecule has 0 aliphatic rings. The molecule has 1 unspecified atom stereocenters. The molecule has 0 amide bonds. The van der Waals surface area contributed by atoms with E-state index in [-0.39, 0.29) is 0 Å². The number of aryl methyl sites for hydroxylation is 2. The smallest absolute Gasteiger partial charge is 0.0595 e. The number of hydrogen-bond donors (Lipinski definition) is 1. The Balaban J connectivity index is 2.44. The monoisotopic (exact) mass is 371 g/mol. The molecule has 2 aromatic rings. The van der Waals surface area contributed by atoms with Crippen LogP contribution in [-0.2, 0) is 0 Å². The molecule has 0 saturated carbocycles. The van der Waals surface area contributed by atoms with E-state index in [1.165, 1.54) is 25.1 Å². The zero-order valence-corrected chi connectivity index (χ0v) is 13.9. The van der Waals surface area contributed by atoms with Crippen molar-refractivity contribution in [1.82, 2.24) is 5.32 Å². The summed E-state index contributed by atoms with van der Waals surface area (Å²) in [6.07, 6.45) is 0. The van der Waals surface area contributed by atoms with Crippen LogP contribution < -0.4 is 5.32 Å². The summed E-state index contributed by atoms with van der Waals surface area (Å²) in [4.78, 5) is 1.37. The van der Waals surface area contributed by atoms with Gasteiger partial charge in [0.05, 0.1) is 6.04 Å². The molecule has 96 valence electrons. The van der Waals surface area contributed by atoms with E-state index in [9.17, 15) is 0 Å². The van der Waals surface area contributed by atoms with E-state index in [1.54, 1.807) is 0 Å². The molecule has 0 radical (unpaired) electrons. The van der Waals surface area contributed by atoms with Crippen LogP contribution in [0.3, 0.4) is 0 Å². The van der Waals surface area contributed by atoms with Gasteiger partial charge in [0.2, 0.25) is 0 Å². The summed E-state index contributed by atoms with van der Waals surface area (Å²) >= 11 is 4.28. The third-order valence-corrected chi connectivity index (χ3v) is 5.38. The zero-order chi connectivity index (χ0) is 13.1. The molecule has 0 bridgehead atoms. The summed E-state index contributed by atoms with van der Waals surface area (Å²) in [7, 11) is 0. The molecule has 3 heteroatoms. The molecule has 0 fully saturated rings. The maximum absolute atomic E-state index is 3.60. The number of hydrogen-bond acceptors (Lipinski definition) is 2. The first kappa shape index (κ1) is 14.0. The average Bonchev–Trinajstić information content (AvgIpc) is 2.77. The molecular weight excluding hydrogens is 353 g/mol. The molecule has 1 nitrogen and oxygen atoms in total. The lowest BCUT2D eigenvalue weighted by Crippen LogP contribution is -2.22. The highest BCUT2D eigenvalue weighted by Crippen LogP contribution is 2.30. The number of rotatable bonds is 4. The van der Waals surface area contributed by atoms with Gasteiger partial charge in [0, 0.05) is 8.45 Å². The molecule has 2 rings (SSSR count). The van der Waals surface area contributed by atoms with Crippen molar-refractivity contribution in [3.05, 3.63) is 54.8 Å². The summed E-state index contributed by atoms with van der Waals surface area (Å²) in [5.41, 5.74) is 4.11. The van der Waals surface area contributed by atoms with Crippen LogP contribution in [0.5, 0.6) is 0 Å². The molecule has 1 N–H and O–H groups in total. The van der Waals surface area contributed by atoms with Crippen molar-refractivity contribution in [2.45, 2.75) is 26.8 Å². The van der Waals surface area contributed by atoms with E-state index in [0.29, 0.717) is 6.04 Å². The van der Waals surface area contributed by atoms with Crippen LogP contribution in [0.15, 0.2) is 29.6 Å². The van der Waals surface area contributed by atoms with Crippen LogP contribution >= 0.6 is 33.9 Å². The molecule has 1 heterocycles. The normalized spacial score (nSPS) is 12.7. The van der Waals surface area contributed by atoms with Crippen LogP contribution in [0.25, 0.3) is 0 Å². The Morgan fingerprint density at radius 2 is 2.11 bits per heavy atom. The van der Waals surface area contributed by atoms with Crippen molar-refractivity contribution in [1.29, 1.82) is 0 Å². The minimum atomic E-state index is 0.312. The number of halogens is 1. The second-order valence-electron chi connectivity index (χ2n) is 4.46. The highest BCUT2D eigenvalue weighted by Gasteiger charge is 2.17. The highest BCUT2D eigenvalue weighted by atomic mass is 127. The van der Waals surface area contributed by atoms with Crippen LogP contribution in [0.1, 0.15) is 34.5 Å². The maximum Gasteiger partial charge on any atom is 0.0595 e. The van der Waals surface area contributed by atoms with E-state index >= 15 is 0 Å². The van der Waals surface area contributed by atoms with Gasteiger partial charge in [0.25, 0.3) is 0 Å². The predicted octanol–water partition coefficient (Wildman–Crippen LogP) is 4.67. The van der Waals surface area contributed by atoms with Crippen molar-refractivity contribution in [2.24, 2.45) is 0 Å². The molecule has 0 saturated heterocycles. The quantitative estimate of drug-likeness (QED) is 0.771. The summed E-state index contributed by atoms with van der Waals surface area (Å²) in [5, 5.41) is 5.86. The van der Waals surface area contributed by atoms with Gasteiger partial charge in [-0.15, -0.1) is 11.3 Å². The van der Waals surface area contributed by atoms with Crippen molar-refractivity contribution in [3.8, 4) is 0 Å². The Bertz CT molecular complexity index is 533. The topological polar surface area (TPSA) is 12.0 Å². The largest absolute Gasteiger partial charge is 0.306 e. The van der Waals surface area contributed by atoms with E-state index in [4.69, 9.17) is 0 Å². The predicted molar refractivity (Wildman–Crippen MR) is 88.5 cm³/mol. The summed E-state index contributed by atoms with van der Waals surface area (Å²) in [6.45, 7) is 7.48. The van der Waals surface area contributed by atoms with Crippen molar-refractivity contribution in [3.63, 3.8) is 0 Å². The minimum Gasteiger partial charge on any atom is -0.306 e. The highest BCUT2D eigenvalue weighted by molar-refractivity contribution is 14.1. The first-order valence-corrected chi connectivity index (χ1v) is 8.12. The van der Waals surface area contributed by atoms with Gasteiger partial charge in [-0.3, -0.25) is 0 Å². The number of nitrogens with one attached hydrogen (secondary N) is 1. The molecular formula is C15H18INS. The third kappa shape index (κ3) is 2.95. The lowest BCUT2D eigenvalue weighted by atomic mass is 9.99. The van der Waals surface area contributed by atoms with Gasteiger partial charge >= 0.3 is 0 Å². The second kappa shape index (κ2) is 6.17. The molecule has 1 atom stereocenters. The van der Waals surface area contributed by atoms with Crippen molar-refractivity contribution < 1.29 is 0 Å². The summed E-state index contributed by atoms with van der Waals surface area (Å²) < 4.78 is 1.37. The van der Waals surface area contributed by atoms with Gasteiger partial charge in [0.15, 0.2) is 0 Å². The Morgan fingerprint density at radius 3 is 2.72 bits per heavy atom. The lowest BCUT2D eigenvalue weighted by Gasteiger charge is -2.20. The molecule has 18 heavy (non-hydrogen) atoms. The summed E-state index contributed by atoms with van der Waals surface area (Å²) in [5.74, 6) is 0. The Labute approximate surface area is 127 Å². The molecule has 0 aliphatic heterocycles. The first-order valence-electron chi connectivity index (χ1n) is 6.17. The number of benzene rings is 1. The van der Waals surface area contributed by atoms with Crippen molar-refractivity contribution in [2.75, 3.05) is 6.54 Å². The van der Waals surface area contributed by atoms with E-state index in [0.717, 1.165) is 6.54 Å². The average molecular weight is 371 g/mol. The van der Waals surface area contributed by atoms with Gasteiger partial charge in [0.1, 0.15) is 0 Å². The Morgan fingerprint density at radius 1 is 1.33 bits per heavy atom. The molecule has 1 aromatic carbocycles. The Kier molecular flexibility index (Phi) is 4.81. The SMILES string of the molecule is CCNC(c1csc(C)c1)c1cccc(C)c1I. The van der Waals surface area contributed by atoms with Gasteiger partial charge in [-0.2, -0.15) is 0 Å². The van der Waals surface area contributed by atoms with E-state index in [2.05, 4.69) is 78.3 Å². The second-order valence-corrected chi connectivity index (χ2v) is 6.65. The van der Waals surface area contributed by atoms with Crippen LogP contribution in [0.2, 0.25) is 0 Å². The fourth-order valence-electron chi connectivity index (χ4n) is 2.12. The number of thiophene rings is 1. The fraction of sp³-hybridized carbons (Fsp3) is 0.333. The Hall–Kier alpha value is -0.390. The third-order valence-electron chi connectivity index (χ3n) is 3.03. The van der Waals surface area contributed by atoms with Gasteiger partial charge in [-0.1, -0.05) is 25.1 Å². The van der Waals surface area contributed by atoms with Crippen LogP contribution in [-0.4, -0.2) is 6.54 Å². The molecule has 0 aliphatic carbocycles. The minimum absolute atomic E-state index is 0.312. The van der Waals surface area contributed by atoms with Crippen LogP contribution in [0, 0.1) is 17.4 Å². The van der Waals surface area contributed by atoms with Gasteiger partial charge < -0.3 is 5.32 Å². The van der Waals surface area contributed by atoms with Crippen molar-refractivity contribution >= 4 is 33.9 Å². The lowest BCUT2D eigenvalue weighted by molar-refractivity contribution is 0.629. The zero-order valence-electron chi connectivity index (χ0n) is 11.0. The fourth-order valence-corrected chi connectivity index (χ4v) is 3.52. The molecule has 0 spiro atoms. The molecule has 1 aromatic heterocycles. The van der Waals surface area contributed by atoms with Gasteiger partial charge in [-0.25, -0.2) is 0 Å². The maximum atomic E-state index is 3.60. The first-order chi connectivity index (χ1) is 8.63. The van der Waals surface area contributed by atoms with Gasteiger partial charge in [-0.05, 0) is 71.1 Å². The standard InChI is InChI=1S/C15H18INS/c1-4-17-15(12-8-11(3)18-9-12)13-7-5-6-10(2)14(13)16/h5-9,15,17H,4H2,1-3H3.